The molecule has 0 radical (unpaired) electrons. The maximum atomic E-state index is 11.4. The Balaban J connectivity index is 3.51. The molecule has 0 fully saturated rings. The van der Waals surface area contributed by atoms with Gasteiger partial charge in [0.2, 0.25) is 0 Å². The van der Waals surface area contributed by atoms with E-state index in [-0.39, 0.29) is 11.9 Å². The van der Waals surface area contributed by atoms with E-state index in [1.165, 1.54) is 0 Å². The number of carbonyl (C=O) groups excluding carboxylic acids is 2. The average Bonchev–Trinajstić information content (AvgIpc) is 2.63. The Morgan fingerprint density at radius 2 is 1.35 bits per heavy atom. The van der Waals surface area contributed by atoms with Crippen LogP contribution in [0.15, 0.2) is 0 Å². The molecule has 0 aromatic carbocycles. The van der Waals surface area contributed by atoms with E-state index in [0.717, 1.165) is 51.4 Å². The van der Waals surface area contributed by atoms with Gasteiger partial charge in [-0.15, -0.1) is 6.42 Å². The summed E-state index contributed by atoms with van der Waals surface area (Å²) in [6.07, 6.45) is 15.6. The summed E-state index contributed by atoms with van der Waals surface area (Å²) in [5.74, 6) is 13.5. The van der Waals surface area contributed by atoms with Gasteiger partial charge >= 0.3 is 11.9 Å². The quantitative estimate of drug-likeness (QED) is 0.305. The van der Waals surface area contributed by atoms with E-state index in [9.17, 15) is 9.59 Å². The highest BCUT2D eigenvalue weighted by Gasteiger charge is 2.03. The Labute approximate surface area is 157 Å². The van der Waals surface area contributed by atoms with Gasteiger partial charge in [0.15, 0.2) is 0 Å². The Kier molecular flexibility index (Phi) is 16.5. The van der Waals surface area contributed by atoms with E-state index >= 15 is 0 Å². The predicted molar refractivity (Wildman–Crippen MR) is 101 cm³/mol. The molecule has 0 aromatic rings. The minimum absolute atomic E-state index is 0.102. The molecule has 0 saturated heterocycles. The molecule has 0 rings (SSSR count). The number of esters is 2. The molecule has 0 bridgehead atoms. The van der Waals surface area contributed by atoms with E-state index in [4.69, 9.17) is 15.9 Å². The van der Waals surface area contributed by atoms with Crippen molar-refractivity contribution in [3.63, 3.8) is 0 Å². The summed E-state index contributed by atoms with van der Waals surface area (Å²) in [6, 6.07) is 0. The Morgan fingerprint density at radius 1 is 0.769 bits per heavy atom. The minimum atomic E-state index is -0.358. The fourth-order valence-electron chi connectivity index (χ4n) is 1.94. The highest BCUT2D eigenvalue weighted by Crippen LogP contribution is 2.09. The molecule has 0 heterocycles. The van der Waals surface area contributed by atoms with Crippen molar-refractivity contribution in [2.45, 2.75) is 71.1 Å². The summed E-state index contributed by atoms with van der Waals surface area (Å²) in [5, 5.41) is 0. The maximum absolute atomic E-state index is 11.4. The van der Waals surface area contributed by atoms with Crippen LogP contribution in [0.3, 0.4) is 0 Å². The van der Waals surface area contributed by atoms with Gasteiger partial charge in [-0.2, -0.15) is 0 Å². The van der Waals surface area contributed by atoms with Crippen molar-refractivity contribution < 1.29 is 19.1 Å². The Hall–Kier alpha value is -2.82. The molecule has 0 saturated carbocycles. The molecule has 0 aliphatic heterocycles. The number of ether oxygens (including phenoxy) is 2. The van der Waals surface area contributed by atoms with Crippen molar-refractivity contribution in [3.8, 4) is 48.1 Å². The Morgan fingerprint density at radius 3 is 2.00 bits per heavy atom. The average molecular weight is 354 g/mol. The number of terminal acetylenes is 1. The first-order valence-electron chi connectivity index (χ1n) is 9.01. The number of unbranched alkanes of at least 4 members (excludes halogenated alkanes) is 6. The lowest BCUT2D eigenvalue weighted by Gasteiger charge is -2.04. The molecule has 4 nitrogen and oxygen atoms in total. The molecule has 0 spiro atoms. The summed E-state index contributed by atoms with van der Waals surface area (Å²) >= 11 is 0. The SMILES string of the molecule is C#CC#CC#CC#COC(=O)CCCCCCCCC(=O)OCCCC. The topological polar surface area (TPSA) is 52.6 Å². The van der Waals surface area contributed by atoms with Crippen LogP contribution >= 0.6 is 0 Å². The largest absolute Gasteiger partial charge is 0.466 e. The third kappa shape index (κ3) is 17.5. The molecule has 0 atom stereocenters. The first-order chi connectivity index (χ1) is 12.7. The van der Waals surface area contributed by atoms with Crippen molar-refractivity contribution in [1.29, 1.82) is 0 Å². The van der Waals surface area contributed by atoms with Crippen molar-refractivity contribution in [1.82, 2.24) is 0 Å². The van der Waals surface area contributed by atoms with E-state index in [2.05, 4.69) is 48.6 Å². The van der Waals surface area contributed by atoms with Crippen molar-refractivity contribution in [2.75, 3.05) is 6.61 Å². The lowest BCUT2D eigenvalue weighted by Crippen LogP contribution is -2.05. The molecule has 0 unspecified atom stereocenters. The van der Waals surface area contributed by atoms with Crippen molar-refractivity contribution in [2.24, 2.45) is 0 Å². The second-order valence-electron chi connectivity index (χ2n) is 5.54. The second kappa shape index (κ2) is 18.5. The van der Waals surface area contributed by atoms with E-state index in [1.54, 1.807) is 0 Å². The lowest BCUT2D eigenvalue weighted by molar-refractivity contribution is -0.144. The van der Waals surface area contributed by atoms with Gasteiger partial charge in [0, 0.05) is 30.6 Å². The van der Waals surface area contributed by atoms with Gasteiger partial charge in [-0.25, -0.2) is 0 Å². The molecule has 138 valence electrons. The van der Waals surface area contributed by atoms with Crippen LogP contribution in [0.4, 0.5) is 0 Å². The first-order valence-corrected chi connectivity index (χ1v) is 9.01. The van der Waals surface area contributed by atoms with Crippen LogP contribution in [0.1, 0.15) is 71.1 Å². The van der Waals surface area contributed by atoms with Crippen LogP contribution in [0.5, 0.6) is 0 Å². The van der Waals surface area contributed by atoms with Crippen LogP contribution in [0.25, 0.3) is 0 Å². The number of hydrogen-bond donors (Lipinski definition) is 0. The summed E-state index contributed by atoms with van der Waals surface area (Å²) in [6.45, 7) is 2.59. The van der Waals surface area contributed by atoms with Gasteiger partial charge in [-0.1, -0.05) is 39.0 Å². The van der Waals surface area contributed by atoms with Crippen molar-refractivity contribution in [3.05, 3.63) is 0 Å². The fourth-order valence-corrected chi connectivity index (χ4v) is 1.94. The number of carbonyl (C=O) groups is 2. The van der Waals surface area contributed by atoms with E-state index in [1.807, 2.05) is 0 Å². The number of rotatable bonds is 12. The molecule has 26 heavy (non-hydrogen) atoms. The summed E-state index contributed by atoms with van der Waals surface area (Å²) in [5.41, 5.74) is 0. The van der Waals surface area contributed by atoms with Crippen LogP contribution in [0, 0.1) is 48.1 Å². The molecular weight excluding hydrogens is 328 g/mol. The second-order valence-corrected chi connectivity index (χ2v) is 5.54. The van der Waals surface area contributed by atoms with Gasteiger partial charge in [0.05, 0.1) is 6.61 Å². The molecule has 0 aliphatic carbocycles. The van der Waals surface area contributed by atoms with Gasteiger partial charge in [0.1, 0.15) is 6.11 Å². The van der Waals surface area contributed by atoms with E-state index in [0.29, 0.717) is 19.4 Å². The third-order valence-electron chi connectivity index (χ3n) is 3.31. The zero-order valence-electron chi connectivity index (χ0n) is 15.5. The molecule has 0 N–H and O–H groups in total. The van der Waals surface area contributed by atoms with Crippen LogP contribution in [0.2, 0.25) is 0 Å². The maximum Gasteiger partial charge on any atom is 0.319 e. The fraction of sp³-hybridized carbons (Fsp3) is 0.545. The van der Waals surface area contributed by atoms with Gasteiger partial charge < -0.3 is 9.47 Å². The van der Waals surface area contributed by atoms with Crippen LogP contribution < -0.4 is 0 Å². The normalized spacial score (nSPS) is 8.46. The molecular formula is C22H26O4. The highest BCUT2D eigenvalue weighted by molar-refractivity contribution is 5.70. The standard InChI is InChI=1S/C22H26O4/c1-3-5-7-8-13-16-20-26-22(24)18-15-12-10-9-11-14-17-21(23)25-19-6-4-2/h1H,4,6,9-12,14-15,17-19H2,2H3. The lowest BCUT2D eigenvalue weighted by atomic mass is 10.1. The van der Waals surface area contributed by atoms with E-state index < -0.39 is 0 Å². The molecule has 4 heteroatoms. The monoisotopic (exact) mass is 354 g/mol. The van der Waals surface area contributed by atoms with Crippen molar-refractivity contribution >= 4 is 11.9 Å². The molecule has 0 amide bonds. The number of hydrogen-bond acceptors (Lipinski definition) is 4. The van der Waals surface area contributed by atoms with Gasteiger partial charge in [0.25, 0.3) is 0 Å². The molecule has 0 aliphatic rings. The van der Waals surface area contributed by atoms with Gasteiger partial charge in [-0.05, 0) is 37.0 Å². The highest BCUT2D eigenvalue weighted by atomic mass is 16.5. The zero-order valence-corrected chi connectivity index (χ0v) is 15.5. The summed E-state index contributed by atoms with van der Waals surface area (Å²) in [7, 11) is 0. The zero-order chi connectivity index (χ0) is 19.3. The predicted octanol–water partition coefficient (Wildman–Crippen LogP) is 3.59. The summed E-state index contributed by atoms with van der Waals surface area (Å²) < 4.78 is 9.81. The smallest absolute Gasteiger partial charge is 0.319 e. The molecule has 0 aromatic heterocycles. The van der Waals surface area contributed by atoms with Crippen LogP contribution in [-0.2, 0) is 19.1 Å². The third-order valence-corrected chi connectivity index (χ3v) is 3.31. The Bertz CT molecular complexity index is 635. The first kappa shape index (κ1) is 23.2. The van der Waals surface area contributed by atoms with Gasteiger partial charge in [-0.3, -0.25) is 9.59 Å². The van der Waals surface area contributed by atoms with Crippen LogP contribution in [-0.4, -0.2) is 18.5 Å². The summed E-state index contributed by atoms with van der Waals surface area (Å²) in [4.78, 5) is 22.8. The minimum Gasteiger partial charge on any atom is -0.466 e.